The Morgan fingerprint density at radius 1 is 1.18 bits per heavy atom. The predicted octanol–water partition coefficient (Wildman–Crippen LogP) is 3.22. The van der Waals surface area contributed by atoms with Crippen molar-refractivity contribution in [1.29, 1.82) is 0 Å². The number of hydrogen-bond acceptors (Lipinski definition) is 3. The summed E-state index contributed by atoms with van der Waals surface area (Å²) in [5.41, 5.74) is 2.05. The molecule has 0 aliphatic carbocycles. The number of para-hydroxylation sites is 1. The zero-order valence-electron chi connectivity index (χ0n) is 11.7. The number of aromatic amines is 1. The maximum atomic E-state index is 12.7. The first-order valence-corrected chi connectivity index (χ1v) is 7.15. The van der Waals surface area contributed by atoms with Crippen LogP contribution in [0.15, 0.2) is 47.4 Å². The van der Waals surface area contributed by atoms with Crippen LogP contribution >= 0.6 is 11.6 Å². The molecular weight excluding hydrogens is 300 g/mol. The molecule has 3 aromatic heterocycles. The maximum absolute atomic E-state index is 12.7. The number of aryl methyl sites for hydroxylation is 1. The number of halogens is 1. The van der Waals surface area contributed by atoms with E-state index in [2.05, 4.69) is 15.1 Å². The van der Waals surface area contributed by atoms with Gasteiger partial charge in [-0.1, -0.05) is 23.7 Å². The van der Waals surface area contributed by atoms with Crippen LogP contribution in [0.1, 0.15) is 5.69 Å². The molecule has 4 aromatic rings. The first kappa shape index (κ1) is 13.0. The summed E-state index contributed by atoms with van der Waals surface area (Å²) in [6.07, 6.45) is 1.55. The Balaban J connectivity index is 2.13. The molecular formula is C16H11ClN4O. The molecule has 6 heteroatoms. The lowest BCUT2D eigenvalue weighted by molar-refractivity contribution is 0.849. The Bertz CT molecular complexity index is 1060. The molecule has 1 N–H and O–H groups in total. The van der Waals surface area contributed by atoms with E-state index in [1.807, 2.05) is 31.2 Å². The Labute approximate surface area is 130 Å². The van der Waals surface area contributed by atoms with E-state index in [0.717, 1.165) is 5.52 Å². The van der Waals surface area contributed by atoms with E-state index >= 15 is 0 Å². The van der Waals surface area contributed by atoms with E-state index in [1.165, 1.54) is 0 Å². The lowest BCUT2D eigenvalue weighted by atomic mass is 10.1. The molecule has 0 radical (unpaired) electrons. The second kappa shape index (κ2) is 4.68. The Hall–Kier alpha value is -2.66. The number of benzene rings is 1. The van der Waals surface area contributed by atoms with Gasteiger partial charge in [0, 0.05) is 11.6 Å². The average Bonchev–Trinajstić information content (AvgIpc) is 2.85. The van der Waals surface area contributed by atoms with Gasteiger partial charge in [0.2, 0.25) is 5.43 Å². The zero-order valence-corrected chi connectivity index (χ0v) is 12.4. The quantitative estimate of drug-likeness (QED) is 0.587. The second-order valence-corrected chi connectivity index (χ2v) is 5.49. The minimum absolute atomic E-state index is 0.0259. The molecule has 0 unspecified atom stereocenters. The number of pyridine rings is 2. The fraction of sp³-hybridized carbons (Fsp3) is 0.0625. The van der Waals surface area contributed by atoms with Gasteiger partial charge in [-0.05, 0) is 31.2 Å². The van der Waals surface area contributed by atoms with Gasteiger partial charge in [-0.15, -0.1) is 0 Å². The third kappa shape index (κ3) is 1.83. The summed E-state index contributed by atoms with van der Waals surface area (Å²) in [4.78, 5) is 20.2. The highest BCUT2D eigenvalue weighted by molar-refractivity contribution is 6.30. The molecule has 0 spiro atoms. The molecule has 108 valence electrons. The number of nitrogens with zero attached hydrogens (tertiary/aromatic N) is 3. The van der Waals surface area contributed by atoms with Gasteiger partial charge in [0.1, 0.15) is 5.65 Å². The Morgan fingerprint density at radius 3 is 2.77 bits per heavy atom. The Kier molecular flexibility index (Phi) is 2.77. The number of H-pyrrole nitrogens is 1. The van der Waals surface area contributed by atoms with Crippen molar-refractivity contribution in [3.63, 3.8) is 0 Å². The van der Waals surface area contributed by atoms with Gasteiger partial charge in [-0.2, -0.15) is 9.78 Å². The van der Waals surface area contributed by atoms with Gasteiger partial charge in [-0.25, -0.2) is 4.98 Å². The van der Waals surface area contributed by atoms with Gasteiger partial charge < -0.3 is 4.98 Å². The first-order valence-electron chi connectivity index (χ1n) is 6.77. The molecule has 4 rings (SSSR count). The van der Waals surface area contributed by atoms with Gasteiger partial charge >= 0.3 is 0 Å². The molecule has 0 bridgehead atoms. The fourth-order valence-electron chi connectivity index (χ4n) is 2.63. The van der Waals surface area contributed by atoms with Gasteiger partial charge in [-0.3, -0.25) is 4.79 Å². The summed E-state index contributed by atoms with van der Waals surface area (Å²) < 4.78 is 1.63. The number of nitrogens with one attached hydrogen (secondary N) is 1. The summed E-state index contributed by atoms with van der Waals surface area (Å²) in [7, 11) is 0. The van der Waals surface area contributed by atoms with E-state index < -0.39 is 0 Å². The monoisotopic (exact) mass is 310 g/mol. The molecule has 0 amide bonds. The zero-order chi connectivity index (χ0) is 15.3. The van der Waals surface area contributed by atoms with Crippen molar-refractivity contribution in [1.82, 2.24) is 19.7 Å². The number of rotatable bonds is 1. The van der Waals surface area contributed by atoms with Crippen molar-refractivity contribution >= 4 is 33.5 Å². The van der Waals surface area contributed by atoms with E-state index in [0.29, 0.717) is 33.0 Å². The van der Waals surface area contributed by atoms with Gasteiger partial charge in [0.15, 0.2) is 5.82 Å². The molecule has 5 nitrogen and oxygen atoms in total. The normalized spacial score (nSPS) is 11.4. The summed E-state index contributed by atoms with van der Waals surface area (Å²) in [6.45, 7) is 1.82. The largest absolute Gasteiger partial charge is 0.339 e. The standard InChI is InChI=1S/C16H11ClN4O/c1-9-14-15(22)11-4-2-3-5-12(11)19-16(14)21(20-9)13-7-6-10(17)8-18-13/h2-8H,1H3,(H,19,22). The lowest BCUT2D eigenvalue weighted by Gasteiger charge is -2.03. The van der Waals surface area contributed by atoms with Crippen molar-refractivity contribution in [2.75, 3.05) is 0 Å². The number of aromatic nitrogens is 4. The third-order valence-corrected chi connectivity index (χ3v) is 3.86. The van der Waals surface area contributed by atoms with E-state index in [1.54, 1.807) is 23.0 Å². The van der Waals surface area contributed by atoms with Crippen LogP contribution in [0.3, 0.4) is 0 Å². The van der Waals surface area contributed by atoms with E-state index in [4.69, 9.17) is 11.6 Å². The third-order valence-electron chi connectivity index (χ3n) is 3.64. The van der Waals surface area contributed by atoms with Crippen molar-refractivity contribution in [2.24, 2.45) is 0 Å². The molecule has 0 saturated heterocycles. The van der Waals surface area contributed by atoms with Crippen LogP contribution in [-0.4, -0.2) is 19.7 Å². The first-order chi connectivity index (χ1) is 10.6. The van der Waals surface area contributed by atoms with E-state index in [-0.39, 0.29) is 5.43 Å². The molecule has 1 aromatic carbocycles. The molecule has 22 heavy (non-hydrogen) atoms. The van der Waals surface area contributed by atoms with Crippen LogP contribution in [0.5, 0.6) is 0 Å². The fourth-order valence-corrected chi connectivity index (χ4v) is 2.74. The topological polar surface area (TPSA) is 63.6 Å². The minimum atomic E-state index is -0.0259. The molecule has 0 saturated carbocycles. The van der Waals surface area contributed by atoms with Crippen LogP contribution in [0.2, 0.25) is 5.02 Å². The summed E-state index contributed by atoms with van der Waals surface area (Å²) >= 11 is 5.88. The van der Waals surface area contributed by atoms with Crippen molar-refractivity contribution in [3.05, 3.63) is 63.5 Å². The molecule has 3 heterocycles. The van der Waals surface area contributed by atoms with Gasteiger partial charge in [0.05, 0.1) is 21.6 Å². The minimum Gasteiger partial charge on any atom is -0.339 e. The molecule has 0 atom stereocenters. The second-order valence-electron chi connectivity index (χ2n) is 5.06. The smallest absolute Gasteiger partial charge is 0.200 e. The van der Waals surface area contributed by atoms with Crippen LogP contribution in [0.25, 0.3) is 27.8 Å². The highest BCUT2D eigenvalue weighted by atomic mass is 35.5. The van der Waals surface area contributed by atoms with Crippen molar-refractivity contribution in [3.8, 4) is 5.82 Å². The highest BCUT2D eigenvalue weighted by Gasteiger charge is 2.15. The number of hydrogen-bond donors (Lipinski definition) is 1. The van der Waals surface area contributed by atoms with Crippen LogP contribution in [0.4, 0.5) is 0 Å². The lowest BCUT2D eigenvalue weighted by Crippen LogP contribution is -2.06. The molecule has 0 aliphatic heterocycles. The SMILES string of the molecule is Cc1nn(-c2ccc(Cl)cn2)c2[nH]c3ccccc3c(=O)c12. The summed E-state index contributed by atoms with van der Waals surface area (Å²) in [5, 5.41) is 6.24. The highest BCUT2D eigenvalue weighted by Crippen LogP contribution is 2.20. The molecule has 0 aliphatic rings. The van der Waals surface area contributed by atoms with E-state index in [9.17, 15) is 4.79 Å². The Morgan fingerprint density at radius 2 is 2.00 bits per heavy atom. The maximum Gasteiger partial charge on any atom is 0.200 e. The van der Waals surface area contributed by atoms with Gasteiger partial charge in [0.25, 0.3) is 0 Å². The predicted molar refractivity (Wildman–Crippen MR) is 86.7 cm³/mol. The average molecular weight is 311 g/mol. The van der Waals surface area contributed by atoms with Crippen molar-refractivity contribution in [2.45, 2.75) is 6.92 Å². The van der Waals surface area contributed by atoms with Crippen LogP contribution in [0, 0.1) is 6.92 Å². The summed E-state index contributed by atoms with van der Waals surface area (Å²) in [5.74, 6) is 0.605. The van der Waals surface area contributed by atoms with Crippen molar-refractivity contribution < 1.29 is 0 Å². The van der Waals surface area contributed by atoms with Crippen LogP contribution < -0.4 is 5.43 Å². The van der Waals surface area contributed by atoms with Crippen LogP contribution in [-0.2, 0) is 0 Å². The molecule has 0 fully saturated rings. The summed E-state index contributed by atoms with van der Waals surface area (Å²) in [6, 6.07) is 10.9. The number of fused-ring (bicyclic) bond motifs is 2.